The van der Waals surface area contributed by atoms with E-state index in [4.69, 9.17) is 0 Å². The molecule has 13 heteroatoms. The van der Waals surface area contributed by atoms with Gasteiger partial charge in [0.2, 0.25) is 5.91 Å². The summed E-state index contributed by atoms with van der Waals surface area (Å²) in [7, 11) is 0. The van der Waals surface area contributed by atoms with E-state index in [0.717, 1.165) is 54.6 Å². The standard InChI is InChI=1S/C34H31F6N5OS/c35-21-13-19(14-22(36)16-21)15-27(42-28(46)18-45-32-29(31(43-45)33(37)38)25-17-26(25)34(32,39)40)30-24(5-4-10-41-30)20-6-8-23(9-7-20)47-44-11-2-1-3-12-44/h4-10,13-14,16,25-27,33H,1-3,11-12,15,17-18H2,(H,42,46). The number of benzene rings is 2. The summed E-state index contributed by atoms with van der Waals surface area (Å²) in [4.78, 5) is 19.1. The number of hydrogen-bond acceptors (Lipinski definition) is 5. The van der Waals surface area contributed by atoms with Gasteiger partial charge < -0.3 is 5.32 Å². The minimum atomic E-state index is -3.38. The Balaban J connectivity index is 1.18. The van der Waals surface area contributed by atoms with Crippen molar-refractivity contribution in [2.45, 2.75) is 67.9 Å². The summed E-state index contributed by atoms with van der Waals surface area (Å²) in [5, 5.41) is 6.53. The van der Waals surface area contributed by atoms with Crippen LogP contribution in [0.5, 0.6) is 0 Å². The van der Waals surface area contributed by atoms with Gasteiger partial charge in [-0.3, -0.25) is 14.5 Å². The van der Waals surface area contributed by atoms with Gasteiger partial charge in [-0.25, -0.2) is 21.9 Å². The van der Waals surface area contributed by atoms with Crippen LogP contribution in [0.1, 0.15) is 72.3 Å². The maximum Gasteiger partial charge on any atom is 0.293 e. The lowest BCUT2D eigenvalue weighted by Gasteiger charge is -2.25. The third-order valence-corrected chi connectivity index (χ3v) is 10.1. The molecule has 1 N–H and O–H groups in total. The normalized spacial score (nSPS) is 20.6. The number of halogens is 6. The molecule has 2 fully saturated rings. The molecular weight excluding hydrogens is 640 g/mol. The molecular formula is C34H31F6N5OS. The first-order chi connectivity index (χ1) is 22.6. The Morgan fingerprint density at radius 1 is 1.00 bits per heavy atom. The number of fused-ring (bicyclic) bond motifs is 3. The van der Waals surface area contributed by atoms with E-state index in [2.05, 4.69) is 19.7 Å². The third kappa shape index (κ3) is 6.39. The highest BCUT2D eigenvalue weighted by molar-refractivity contribution is 7.97. The molecule has 0 spiro atoms. The van der Waals surface area contributed by atoms with E-state index in [0.29, 0.717) is 15.9 Å². The Morgan fingerprint density at radius 2 is 1.72 bits per heavy atom. The molecule has 246 valence electrons. The van der Waals surface area contributed by atoms with Gasteiger partial charge in [0, 0.05) is 47.3 Å². The number of nitrogens with one attached hydrogen (secondary N) is 1. The zero-order valence-electron chi connectivity index (χ0n) is 25.1. The van der Waals surface area contributed by atoms with Crippen LogP contribution in [0.2, 0.25) is 0 Å². The molecule has 1 amide bonds. The van der Waals surface area contributed by atoms with Gasteiger partial charge in [0.05, 0.1) is 11.7 Å². The van der Waals surface area contributed by atoms with Gasteiger partial charge in [-0.15, -0.1) is 0 Å². The van der Waals surface area contributed by atoms with Gasteiger partial charge in [-0.05, 0) is 85.0 Å². The topological polar surface area (TPSA) is 63.1 Å². The van der Waals surface area contributed by atoms with Crippen molar-refractivity contribution in [3.05, 3.63) is 101 Å². The van der Waals surface area contributed by atoms with E-state index in [-0.39, 0.29) is 24.0 Å². The van der Waals surface area contributed by atoms with Gasteiger partial charge in [0.25, 0.3) is 12.3 Å². The molecule has 1 saturated carbocycles. The maximum atomic E-state index is 15.1. The summed E-state index contributed by atoms with van der Waals surface area (Å²) >= 11 is 1.69. The average Bonchev–Trinajstić information content (AvgIpc) is 3.70. The molecule has 47 heavy (non-hydrogen) atoms. The first kappa shape index (κ1) is 31.7. The molecule has 0 radical (unpaired) electrons. The Hall–Kier alpha value is -3.84. The fourth-order valence-corrected chi connectivity index (χ4v) is 7.87. The number of amides is 1. The first-order valence-corrected chi connectivity index (χ1v) is 16.4. The Labute approximate surface area is 271 Å². The van der Waals surface area contributed by atoms with Crippen LogP contribution in [0.3, 0.4) is 0 Å². The van der Waals surface area contributed by atoms with Crippen LogP contribution >= 0.6 is 11.9 Å². The highest BCUT2D eigenvalue weighted by Gasteiger charge is 2.67. The van der Waals surface area contributed by atoms with Crippen LogP contribution in [0, 0.1) is 17.6 Å². The molecule has 0 bridgehead atoms. The molecule has 1 saturated heterocycles. The summed E-state index contributed by atoms with van der Waals surface area (Å²) in [6, 6.07) is 13.4. The molecule has 2 aromatic carbocycles. The van der Waals surface area contributed by atoms with Crippen molar-refractivity contribution in [3.63, 3.8) is 0 Å². The smallest absolute Gasteiger partial charge is 0.293 e. The predicted octanol–water partition coefficient (Wildman–Crippen LogP) is 7.96. The maximum absolute atomic E-state index is 15.1. The first-order valence-electron chi connectivity index (χ1n) is 15.6. The number of piperidine rings is 1. The van der Waals surface area contributed by atoms with Crippen molar-refractivity contribution in [3.8, 4) is 11.1 Å². The lowest BCUT2D eigenvalue weighted by Crippen LogP contribution is -2.35. The van der Waals surface area contributed by atoms with Crippen LogP contribution in [-0.2, 0) is 23.7 Å². The van der Waals surface area contributed by atoms with Crippen molar-refractivity contribution >= 4 is 17.9 Å². The van der Waals surface area contributed by atoms with Crippen molar-refractivity contribution in [2.24, 2.45) is 5.92 Å². The van der Waals surface area contributed by atoms with Gasteiger partial charge in [-0.2, -0.15) is 13.9 Å². The van der Waals surface area contributed by atoms with Gasteiger partial charge in [-0.1, -0.05) is 24.6 Å². The lowest BCUT2D eigenvalue weighted by atomic mass is 9.95. The molecule has 6 nitrogen and oxygen atoms in total. The molecule has 3 aliphatic rings. The Morgan fingerprint density at radius 3 is 2.43 bits per heavy atom. The van der Waals surface area contributed by atoms with E-state index in [1.165, 1.54) is 12.6 Å². The van der Waals surface area contributed by atoms with E-state index in [9.17, 15) is 22.4 Å². The largest absolute Gasteiger partial charge is 0.346 e. The molecule has 3 heterocycles. The zero-order chi connectivity index (χ0) is 32.9. The number of rotatable bonds is 10. The van der Waals surface area contributed by atoms with Gasteiger partial charge in [0.1, 0.15) is 29.6 Å². The second-order valence-corrected chi connectivity index (χ2v) is 13.5. The quantitative estimate of drug-likeness (QED) is 0.137. The number of carbonyl (C=O) groups excluding carboxylic acids is 1. The molecule has 2 aromatic heterocycles. The summed E-state index contributed by atoms with van der Waals surface area (Å²) in [5.41, 5.74) is 0.509. The van der Waals surface area contributed by atoms with Crippen LogP contribution in [-0.4, -0.2) is 38.1 Å². The summed E-state index contributed by atoms with van der Waals surface area (Å²) in [6.07, 6.45) is 2.01. The van der Waals surface area contributed by atoms with Crippen LogP contribution in [0.4, 0.5) is 26.3 Å². The average molecular weight is 672 g/mol. The fraction of sp³-hybridized carbons (Fsp3) is 0.382. The molecule has 3 unspecified atom stereocenters. The summed E-state index contributed by atoms with van der Waals surface area (Å²) < 4.78 is 89.3. The number of pyridine rings is 1. The second kappa shape index (κ2) is 12.6. The molecule has 7 rings (SSSR count). The second-order valence-electron chi connectivity index (χ2n) is 12.3. The Kier molecular flexibility index (Phi) is 8.54. The minimum absolute atomic E-state index is 0.0901. The van der Waals surface area contributed by atoms with Gasteiger partial charge in [0.15, 0.2) is 0 Å². The van der Waals surface area contributed by atoms with Crippen molar-refractivity contribution < 1.29 is 31.1 Å². The summed E-state index contributed by atoms with van der Waals surface area (Å²) in [5.74, 6) is -7.55. The zero-order valence-corrected chi connectivity index (χ0v) is 25.9. The molecule has 1 aliphatic heterocycles. The molecule has 3 atom stereocenters. The van der Waals surface area contributed by atoms with Crippen LogP contribution in [0.25, 0.3) is 11.1 Å². The van der Waals surface area contributed by atoms with E-state index >= 15 is 8.78 Å². The SMILES string of the molecule is O=C(Cn1nc(C(F)F)c2c1C(F)(F)C1CC21)NC(Cc1cc(F)cc(F)c1)c1ncccc1-c1ccc(SN2CCCCC2)cc1. The van der Waals surface area contributed by atoms with Crippen molar-refractivity contribution in [1.29, 1.82) is 0 Å². The van der Waals surface area contributed by atoms with Crippen molar-refractivity contribution in [1.82, 2.24) is 24.4 Å². The molecule has 4 aromatic rings. The van der Waals surface area contributed by atoms with E-state index in [1.807, 2.05) is 30.3 Å². The number of carbonyl (C=O) groups is 1. The van der Waals surface area contributed by atoms with E-state index in [1.54, 1.807) is 18.0 Å². The number of alkyl halides is 4. The monoisotopic (exact) mass is 671 g/mol. The van der Waals surface area contributed by atoms with Gasteiger partial charge >= 0.3 is 0 Å². The van der Waals surface area contributed by atoms with Crippen LogP contribution < -0.4 is 5.32 Å². The predicted molar refractivity (Wildman–Crippen MR) is 164 cm³/mol. The number of nitrogens with zero attached hydrogens (tertiary/aromatic N) is 4. The van der Waals surface area contributed by atoms with E-state index < -0.39 is 65.7 Å². The number of aromatic nitrogens is 3. The van der Waals surface area contributed by atoms with Crippen molar-refractivity contribution in [2.75, 3.05) is 13.1 Å². The lowest BCUT2D eigenvalue weighted by molar-refractivity contribution is -0.123. The highest BCUT2D eigenvalue weighted by Crippen LogP contribution is 2.68. The fourth-order valence-electron chi connectivity index (χ4n) is 6.87. The van der Waals surface area contributed by atoms with Crippen LogP contribution in [0.15, 0.2) is 65.7 Å². The highest BCUT2D eigenvalue weighted by atomic mass is 32.2. The summed E-state index contributed by atoms with van der Waals surface area (Å²) in [6.45, 7) is 1.29. The third-order valence-electron chi connectivity index (χ3n) is 9.04. The molecule has 2 aliphatic carbocycles. The number of hydrogen-bond donors (Lipinski definition) is 1. The minimum Gasteiger partial charge on any atom is -0.346 e. The Bertz CT molecular complexity index is 1770.